The Morgan fingerprint density at radius 1 is 1.17 bits per heavy atom. The van der Waals surface area contributed by atoms with Crippen LogP contribution in [0.3, 0.4) is 0 Å². The van der Waals surface area contributed by atoms with Gasteiger partial charge in [0.2, 0.25) is 0 Å². The van der Waals surface area contributed by atoms with Crippen molar-refractivity contribution in [2.45, 2.75) is 33.4 Å². The Morgan fingerprint density at radius 2 is 1.90 bits per heavy atom. The minimum atomic E-state index is 0. The van der Waals surface area contributed by atoms with Crippen molar-refractivity contribution in [3.05, 3.63) is 29.3 Å². The van der Waals surface area contributed by atoms with Crippen LogP contribution >= 0.6 is 24.0 Å². The minimum Gasteiger partial charge on any atom is -0.491 e. The van der Waals surface area contributed by atoms with Gasteiger partial charge in [0.1, 0.15) is 12.4 Å². The van der Waals surface area contributed by atoms with Crippen molar-refractivity contribution in [1.29, 1.82) is 0 Å². The van der Waals surface area contributed by atoms with E-state index < -0.39 is 0 Å². The van der Waals surface area contributed by atoms with E-state index in [1.165, 1.54) is 5.56 Å². The maximum absolute atomic E-state index is 5.94. The Kier molecular flexibility index (Phi) is 13.3. The number of halogens is 1. The summed E-state index contributed by atoms with van der Waals surface area (Å²) in [6.07, 6.45) is 0. The first-order chi connectivity index (χ1) is 14.0. The fraction of sp³-hybridized carbons (Fsp3) is 0.682. The standard InChI is InChI=1S/C22H39N5O2.HI/c1-6-28-13-14-29-21-15-18(2)7-8-20(21)17-25-22(23-4)24-16-19(3)27-11-9-26(5)10-12-27;/h7-8,15,19H,6,9-14,16-17H2,1-5H3,(H2,23,24,25);1H. The van der Waals surface area contributed by atoms with E-state index in [0.29, 0.717) is 32.4 Å². The molecule has 2 rings (SSSR count). The summed E-state index contributed by atoms with van der Waals surface area (Å²) in [5.41, 5.74) is 2.30. The van der Waals surface area contributed by atoms with Crippen molar-refractivity contribution in [2.24, 2.45) is 4.99 Å². The van der Waals surface area contributed by atoms with Gasteiger partial charge < -0.3 is 25.0 Å². The Morgan fingerprint density at radius 3 is 2.57 bits per heavy atom. The Hall–Kier alpha value is -1.10. The molecule has 0 radical (unpaired) electrons. The Labute approximate surface area is 199 Å². The van der Waals surface area contributed by atoms with E-state index in [-0.39, 0.29) is 24.0 Å². The minimum absolute atomic E-state index is 0. The second kappa shape index (κ2) is 14.8. The van der Waals surface area contributed by atoms with Crippen molar-refractivity contribution >= 4 is 29.9 Å². The maximum Gasteiger partial charge on any atom is 0.191 e. The average Bonchev–Trinajstić information content (AvgIpc) is 2.72. The number of hydrogen-bond acceptors (Lipinski definition) is 5. The van der Waals surface area contributed by atoms with Crippen LogP contribution in [0.1, 0.15) is 25.0 Å². The highest BCUT2D eigenvalue weighted by Gasteiger charge is 2.19. The SMILES string of the molecule is CCOCCOc1cc(C)ccc1CNC(=NC)NCC(C)N1CCN(C)CC1.I. The molecule has 172 valence electrons. The number of likely N-dealkylation sites (N-methyl/N-ethyl adjacent to an activating group) is 1. The zero-order chi connectivity index (χ0) is 21.1. The third-order valence-corrected chi connectivity index (χ3v) is 5.31. The number of rotatable bonds is 10. The molecule has 0 bridgehead atoms. The monoisotopic (exact) mass is 533 g/mol. The number of piperazine rings is 1. The second-order valence-corrected chi connectivity index (χ2v) is 7.65. The van der Waals surface area contributed by atoms with Gasteiger partial charge in [0.25, 0.3) is 0 Å². The third kappa shape index (κ3) is 9.36. The van der Waals surface area contributed by atoms with Gasteiger partial charge in [-0.1, -0.05) is 12.1 Å². The number of aryl methyl sites for hydroxylation is 1. The van der Waals surface area contributed by atoms with Crippen LogP contribution in [0, 0.1) is 6.92 Å². The topological polar surface area (TPSA) is 61.4 Å². The molecular formula is C22H40IN5O2. The van der Waals surface area contributed by atoms with Gasteiger partial charge in [0.15, 0.2) is 5.96 Å². The normalized spacial score (nSPS) is 16.6. The number of benzene rings is 1. The summed E-state index contributed by atoms with van der Waals surface area (Å²) in [5.74, 6) is 1.71. The van der Waals surface area contributed by atoms with Crippen LogP contribution in [-0.4, -0.2) is 88.4 Å². The summed E-state index contributed by atoms with van der Waals surface area (Å²) in [7, 11) is 4.00. The quantitative estimate of drug-likeness (QED) is 0.209. The summed E-state index contributed by atoms with van der Waals surface area (Å²) in [5, 5.41) is 6.87. The molecule has 1 atom stereocenters. The molecular weight excluding hydrogens is 493 g/mol. The van der Waals surface area contributed by atoms with Crippen molar-refractivity contribution in [3.63, 3.8) is 0 Å². The first-order valence-corrected chi connectivity index (χ1v) is 10.7. The predicted molar refractivity (Wildman–Crippen MR) is 135 cm³/mol. The average molecular weight is 533 g/mol. The fourth-order valence-corrected chi connectivity index (χ4v) is 3.33. The number of ether oxygens (including phenoxy) is 2. The zero-order valence-electron chi connectivity index (χ0n) is 19.2. The van der Waals surface area contributed by atoms with Crippen molar-refractivity contribution in [1.82, 2.24) is 20.4 Å². The van der Waals surface area contributed by atoms with E-state index in [1.807, 2.05) is 14.0 Å². The molecule has 7 nitrogen and oxygen atoms in total. The van der Waals surface area contributed by atoms with Crippen LogP contribution in [0.2, 0.25) is 0 Å². The molecule has 0 amide bonds. The van der Waals surface area contributed by atoms with Gasteiger partial charge in [-0.2, -0.15) is 0 Å². The molecule has 8 heteroatoms. The van der Waals surface area contributed by atoms with Crippen molar-refractivity contribution < 1.29 is 9.47 Å². The molecule has 1 fully saturated rings. The molecule has 1 heterocycles. The molecule has 0 saturated carbocycles. The summed E-state index contributed by atoms with van der Waals surface area (Å²) in [6.45, 7) is 14.3. The maximum atomic E-state index is 5.94. The smallest absolute Gasteiger partial charge is 0.191 e. The largest absolute Gasteiger partial charge is 0.491 e. The van der Waals surface area contributed by atoms with Gasteiger partial charge in [0.05, 0.1) is 6.61 Å². The van der Waals surface area contributed by atoms with E-state index in [4.69, 9.17) is 9.47 Å². The summed E-state index contributed by atoms with van der Waals surface area (Å²) >= 11 is 0. The molecule has 1 aromatic rings. The van der Waals surface area contributed by atoms with Crippen LogP contribution in [0.25, 0.3) is 0 Å². The van der Waals surface area contributed by atoms with Crippen LogP contribution in [0.15, 0.2) is 23.2 Å². The lowest BCUT2D eigenvalue weighted by Gasteiger charge is -2.36. The van der Waals surface area contributed by atoms with Gasteiger partial charge in [-0.25, -0.2) is 0 Å². The lowest BCUT2D eigenvalue weighted by Crippen LogP contribution is -2.52. The first kappa shape index (κ1) is 26.9. The Bertz CT molecular complexity index is 636. The lowest BCUT2D eigenvalue weighted by atomic mass is 10.1. The van der Waals surface area contributed by atoms with Crippen LogP contribution in [0.5, 0.6) is 5.75 Å². The van der Waals surface area contributed by atoms with Crippen molar-refractivity contribution in [2.75, 3.05) is 66.6 Å². The van der Waals surface area contributed by atoms with Crippen molar-refractivity contribution in [3.8, 4) is 5.75 Å². The zero-order valence-corrected chi connectivity index (χ0v) is 21.6. The van der Waals surface area contributed by atoms with E-state index in [9.17, 15) is 0 Å². The second-order valence-electron chi connectivity index (χ2n) is 7.65. The first-order valence-electron chi connectivity index (χ1n) is 10.7. The van der Waals surface area contributed by atoms with E-state index in [2.05, 4.69) is 64.5 Å². The summed E-state index contributed by atoms with van der Waals surface area (Å²) in [4.78, 5) is 9.29. The van der Waals surface area contributed by atoms with Gasteiger partial charge in [-0.05, 0) is 39.4 Å². The molecule has 0 aliphatic carbocycles. The van der Waals surface area contributed by atoms with Crippen LogP contribution in [0.4, 0.5) is 0 Å². The number of nitrogens with zero attached hydrogens (tertiary/aromatic N) is 3. The third-order valence-electron chi connectivity index (χ3n) is 5.31. The highest BCUT2D eigenvalue weighted by molar-refractivity contribution is 14.0. The van der Waals surface area contributed by atoms with E-state index in [0.717, 1.165) is 50.0 Å². The van der Waals surface area contributed by atoms with Gasteiger partial charge >= 0.3 is 0 Å². The molecule has 2 N–H and O–H groups in total. The van der Waals surface area contributed by atoms with Crippen LogP contribution in [-0.2, 0) is 11.3 Å². The molecule has 1 aromatic carbocycles. The predicted octanol–water partition coefficient (Wildman–Crippen LogP) is 2.33. The lowest BCUT2D eigenvalue weighted by molar-refractivity contribution is 0.110. The number of guanidine groups is 1. The summed E-state index contributed by atoms with van der Waals surface area (Å²) in [6, 6.07) is 6.77. The highest BCUT2D eigenvalue weighted by atomic mass is 127. The number of nitrogens with one attached hydrogen (secondary N) is 2. The molecule has 1 unspecified atom stereocenters. The molecule has 1 saturated heterocycles. The highest BCUT2D eigenvalue weighted by Crippen LogP contribution is 2.20. The Balaban J connectivity index is 0.00000450. The molecule has 1 aliphatic rings. The molecule has 1 aliphatic heterocycles. The molecule has 0 spiro atoms. The number of hydrogen-bond donors (Lipinski definition) is 2. The summed E-state index contributed by atoms with van der Waals surface area (Å²) < 4.78 is 11.3. The molecule has 0 aromatic heterocycles. The van der Waals surface area contributed by atoms with Gasteiger partial charge in [0, 0.05) is 64.5 Å². The number of aliphatic imine (C=N–C) groups is 1. The van der Waals surface area contributed by atoms with Crippen LogP contribution < -0.4 is 15.4 Å². The molecule has 30 heavy (non-hydrogen) atoms. The fourth-order valence-electron chi connectivity index (χ4n) is 3.33. The van der Waals surface area contributed by atoms with E-state index in [1.54, 1.807) is 0 Å². The van der Waals surface area contributed by atoms with Gasteiger partial charge in [-0.3, -0.25) is 9.89 Å². The van der Waals surface area contributed by atoms with Gasteiger partial charge in [-0.15, -0.1) is 24.0 Å². The van der Waals surface area contributed by atoms with E-state index >= 15 is 0 Å².